The van der Waals surface area contributed by atoms with Crippen molar-refractivity contribution in [2.75, 3.05) is 5.32 Å². The smallest absolute Gasteiger partial charge is 0.326 e. The average Bonchev–Trinajstić information content (AvgIpc) is 2.15. The Labute approximate surface area is 88.6 Å². The predicted octanol–water partition coefficient (Wildman–Crippen LogP) is 1.31. The van der Waals surface area contributed by atoms with Crippen molar-refractivity contribution in [3.63, 3.8) is 0 Å². The van der Waals surface area contributed by atoms with Crippen LogP contribution in [0.3, 0.4) is 0 Å². The number of hydrogen-bond donors (Lipinski definition) is 2. The first-order valence-electron chi connectivity index (χ1n) is 4.78. The molecule has 0 saturated heterocycles. The van der Waals surface area contributed by atoms with Crippen molar-refractivity contribution in [3.05, 3.63) is 18.0 Å². The van der Waals surface area contributed by atoms with Gasteiger partial charge in [0.05, 0.1) is 0 Å². The Morgan fingerprint density at radius 1 is 1.40 bits per heavy atom. The molecule has 15 heavy (non-hydrogen) atoms. The molecule has 0 unspecified atom stereocenters. The Morgan fingerprint density at radius 3 is 2.33 bits per heavy atom. The second-order valence-corrected chi connectivity index (χ2v) is 3.79. The maximum absolute atomic E-state index is 10.9. The molecule has 1 heterocycles. The van der Waals surface area contributed by atoms with Crippen molar-refractivity contribution >= 4 is 11.9 Å². The molecule has 0 bridgehead atoms. The Bertz CT molecular complexity index is 335. The summed E-state index contributed by atoms with van der Waals surface area (Å²) < 4.78 is 0. The van der Waals surface area contributed by atoms with Gasteiger partial charge in [-0.05, 0) is 18.4 Å². The lowest BCUT2D eigenvalue weighted by Crippen LogP contribution is -2.34. The zero-order chi connectivity index (χ0) is 11.4. The number of aryl methyl sites for hydroxylation is 1. The standard InChI is InChI=1S/C10H15N3O2/c1-6(2)8(9(14)15)13-10-11-4-7(3)5-12-10/h4-6,8H,1-3H3,(H,14,15)(H,11,12,13)/t8-/m0/s1. The number of carbonyl (C=O) groups is 1. The van der Waals surface area contributed by atoms with E-state index in [-0.39, 0.29) is 5.92 Å². The van der Waals surface area contributed by atoms with E-state index >= 15 is 0 Å². The van der Waals surface area contributed by atoms with Gasteiger partial charge < -0.3 is 10.4 Å². The maximum atomic E-state index is 10.9. The molecule has 0 aliphatic heterocycles. The van der Waals surface area contributed by atoms with Crippen LogP contribution in [0.5, 0.6) is 0 Å². The number of aliphatic carboxylic acids is 1. The van der Waals surface area contributed by atoms with Crippen LogP contribution in [0, 0.1) is 12.8 Å². The van der Waals surface area contributed by atoms with Crippen molar-refractivity contribution in [1.29, 1.82) is 0 Å². The molecule has 0 aromatic carbocycles. The van der Waals surface area contributed by atoms with Crippen LogP contribution in [0.25, 0.3) is 0 Å². The second-order valence-electron chi connectivity index (χ2n) is 3.79. The highest BCUT2D eigenvalue weighted by atomic mass is 16.4. The van der Waals surface area contributed by atoms with Gasteiger partial charge in [0.25, 0.3) is 0 Å². The third-order valence-corrected chi connectivity index (χ3v) is 2.00. The molecule has 5 heteroatoms. The van der Waals surface area contributed by atoms with Crippen LogP contribution in [0.2, 0.25) is 0 Å². The summed E-state index contributed by atoms with van der Waals surface area (Å²) in [5.41, 5.74) is 0.942. The van der Waals surface area contributed by atoms with E-state index in [1.54, 1.807) is 12.4 Å². The van der Waals surface area contributed by atoms with Gasteiger partial charge in [0.2, 0.25) is 5.95 Å². The summed E-state index contributed by atoms with van der Waals surface area (Å²) in [5, 5.41) is 11.7. The van der Waals surface area contributed by atoms with Gasteiger partial charge >= 0.3 is 5.97 Å². The Kier molecular flexibility index (Phi) is 3.60. The summed E-state index contributed by atoms with van der Waals surface area (Å²) in [7, 11) is 0. The molecule has 1 atom stereocenters. The topological polar surface area (TPSA) is 75.1 Å². The number of anilines is 1. The zero-order valence-electron chi connectivity index (χ0n) is 9.06. The number of carboxylic acid groups (broad SMARTS) is 1. The monoisotopic (exact) mass is 209 g/mol. The number of nitrogens with one attached hydrogen (secondary N) is 1. The predicted molar refractivity (Wildman–Crippen MR) is 56.7 cm³/mol. The zero-order valence-corrected chi connectivity index (χ0v) is 9.06. The van der Waals surface area contributed by atoms with Crippen molar-refractivity contribution < 1.29 is 9.90 Å². The van der Waals surface area contributed by atoms with Gasteiger partial charge in [-0.1, -0.05) is 13.8 Å². The van der Waals surface area contributed by atoms with E-state index in [0.29, 0.717) is 5.95 Å². The fraction of sp³-hybridized carbons (Fsp3) is 0.500. The highest BCUT2D eigenvalue weighted by molar-refractivity contribution is 5.76. The number of aromatic nitrogens is 2. The van der Waals surface area contributed by atoms with Crippen LogP contribution in [-0.2, 0) is 4.79 Å². The second kappa shape index (κ2) is 4.72. The fourth-order valence-electron chi connectivity index (χ4n) is 1.12. The molecule has 2 N–H and O–H groups in total. The van der Waals surface area contributed by atoms with Gasteiger partial charge in [0.1, 0.15) is 6.04 Å². The van der Waals surface area contributed by atoms with Crippen LogP contribution in [0.15, 0.2) is 12.4 Å². The van der Waals surface area contributed by atoms with Gasteiger partial charge in [-0.3, -0.25) is 0 Å². The van der Waals surface area contributed by atoms with E-state index < -0.39 is 12.0 Å². The molecule has 82 valence electrons. The minimum Gasteiger partial charge on any atom is -0.480 e. The first-order valence-corrected chi connectivity index (χ1v) is 4.78. The number of rotatable bonds is 4. The molecule has 1 rings (SSSR count). The molecule has 1 aromatic rings. The van der Waals surface area contributed by atoms with Crippen LogP contribution in [0.4, 0.5) is 5.95 Å². The fourth-order valence-corrected chi connectivity index (χ4v) is 1.12. The van der Waals surface area contributed by atoms with Crippen molar-refractivity contribution in [3.8, 4) is 0 Å². The Balaban J connectivity index is 2.74. The number of nitrogens with zero attached hydrogens (tertiary/aromatic N) is 2. The van der Waals surface area contributed by atoms with Gasteiger partial charge in [-0.15, -0.1) is 0 Å². The summed E-state index contributed by atoms with van der Waals surface area (Å²) in [6.45, 7) is 5.54. The van der Waals surface area contributed by atoms with Gasteiger partial charge in [0, 0.05) is 12.4 Å². The van der Waals surface area contributed by atoms with Gasteiger partial charge in [0.15, 0.2) is 0 Å². The largest absolute Gasteiger partial charge is 0.480 e. The number of carboxylic acids is 1. The summed E-state index contributed by atoms with van der Waals surface area (Å²) >= 11 is 0. The van der Waals surface area contributed by atoms with E-state index in [9.17, 15) is 4.79 Å². The van der Waals surface area contributed by atoms with Crippen molar-refractivity contribution in [1.82, 2.24) is 9.97 Å². The molecule has 0 amide bonds. The summed E-state index contributed by atoms with van der Waals surface area (Å²) in [5.74, 6) is -0.566. The summed E-state index contributed by atoms with van der Waals surface area (Å²) in [4.78, 5) is 18.9. The molecular formula is C10H15N3O2. The normalized spacial score (nSPS) is 12.5. The van der Waals surface area contributed by atoms with E-state index in [0.717, 1.165) is 5.56 Å². The minimum atomic E-state index is -0.894. The maximum Gasteiger partial charge on any atom is 0.326 e. The molecule has 1 aromatic heterocycles. The van der Waals surface area contributed by atoms with E-state index in [4.69, 9.17) is 5.11 Å². The average molecular weight is 209 g/mol. The SMILES string of the molecule is Cc1cnc(N[C@H](C(=O)O)C(C)C)nc1. The molecule has 5 nitrogen and oxygen atoms in total. The third-order valence-electron chi connectivity index (χ3n) is 2.00. The van der Waals surface area contributed by atoms with E-state index in [1.165, 1.54) is 0 Å². The minimum absolute atomic E-state index is 0.0209. The van der Waals surface area contributed by atoms with Crippen LogP contribution in [0.1, 0.15) is 19.4 Å². The quantitative estimate of drug-likeness (QED) is 0.781. The molecule has 0 fully saturated rings. The first-order chi connectivity index (χ1) is 7.00. The molecular weight excluding hydrogens is 194 g/mol. The lowest BCUT2D eigenvalue weighted by Gasteiger charge is -2.17. The van der Waals surface area contributed by atoms with Gasteiger partial charge in [-0.25, -0.2) is 14.8 Å². The van der Waals surface area contributed by atoms with Crippen LogP contribution in [-0.4, -0.2) is 27.1 Å². The van der Waals surface area contributed by atoms with E-state index in [2.05, 4.69) is 15.3 Å². The van der Waals surface area contributed by atoms with Crippen molar-refractivity contribution in [2.45, 2.75) is 26.8 Å². The summed E-state index contributed by atoms with van der Waals surface area (Å²) in [6, 6.07) is -0.660. The molecule has 0 spiro atoms. The molecule has 0 aliphatic carbocycles. The summed E-state index contributed by atoms with van der Waals surface area (Å²) in [6.07, 6.45) is 3.29. The highest BCUT2D eigenvalue weighted by Crippen LogP contribution is 2.08. The molecule has 0 saturated carbocycles. The third kappa shape index (κ3) is 3.19. The van der Waals surface area contributed by atoms with Crippen LogP contribution >= 0.6 is 0 Å². The number of hydrogen-bond acceptors (Lipinski definition) is 4. The molecule has 0 aliphatic rings. The van der Waals surface area contributed by atoms with Crippen LogP contribution < -0.4 is 5.32 Å². The Morgan fingerprint density at radius 2 is 1.93 bits per heavy atom. The molecule has 0 radical (unpaired) electrons. The highest BCUT2D eigenvalue weighted by Gasteiger charge is 2.21. The lowest BCUT2D eigenvalue weighted by molar-refractivity contribution is -0.138. The van der Waals surface area contributed by atoms with Crippen molar-refractivity contribution in [2.24, 2.45) is 5.92 Å². The Hall–Kier alpha value is -1.65. The lowest BCUT2D eigenvalue weighted by atomic mass is 10.1. The van der Waals surface area contributed by atoms with E-state index in [1.807, 2.05) is 20.8 Å². The van der Waals surface area contributed by atoms with Gasteiger partial charge in [-0.2, -0.15) is 0 Å². The first kappa shape index (κ1) is 11.4.